The first-order chi connectivity index (χ1) is 11.9. The van der Waals surface area contributed by atoms with Gasteiger partial charge in [-0.25, -0.2) is 0 Å². The molecule has 0 radical (unpaired) electrons. The summed E-state index contributed by atoms with van der Waals surface area (Å²) in [6, 6.07) is 19.0. The van der Waals surface area contributed by atoms with E-state index in [0.29, 0.717) is 6.54 Å². The second kappa shape index (κ2) is 6.71. The van der Waals surface area contributed by atoms with Crippen molar-refractivity contribution in [3.8, 4) is 0 Å². The number of anilines is 1. The number of ether oxygens (including phenoxy) is 1. The van der Waals surface area contributed by atoms with Gasteiger partial charge in [-0.1, -0.05) is 62.4 Å². The molecule has 0 aromatic heterocycles. The maximum absolute atomic E-state index is 12.9. The van der Waals surface area contributed by atoms with Gasteiger partial charge in [-0.2, -0.15) is 0 Å². The van der Waals surface area contributed by atoms with Crippen molar-refractivity contribution in [1.29, 1.82) is 0 Å². The van der Waals surface area contributed by atoms with Crippen molar-refractivity contribution >= 4 is 17.6 Å². The fourth-order valence-electron chi connectivity index (χ4n) is 3.18. The second-order valence-electron chi connectivity index (χ2n) is 7.20. The van der Waals surface area contributed by atoms with E-state index in [-0.39, 0.29) is 11.9 Å². The van der Waals surface area contributed by atoms with Crippen LogP contribution in [0, 0.1) is 5.41 Å². The molecule has 0 aliphatic carbocycles. The topological polar surface area (TPSA) is 46.6 Å². The van der Waals surface area contributed by atoms with E-state index in [1.54, 1.807) is 11.8 Å². The van der Waals surface area contributed by atoms with E-state index in [0.717, 1.165) is 11.3 Å². The zero-order valence-corrected chi connectivity index (χ0v) is 14.8. The number of amides is 1. The van der Waals surface area contributed by atoms with E-state index in [4.69, 9.17) is 4.74 Å². The van der Waals surface area contributed by atoms with Gasteiger partial charge < -0.3 is 9.64 Å². The summed E-state index contributed by atoms with van der Waals surface area (Å²) >= 11 is 0. The summed E-state index contributed by atoms with van der Waals surface area (Å²) < 4.78 is 5.68. The number of benzene rings is 2. The first-order valence-corrected chi connectivity index (χ1v) is 8.52. The molecule has 2 atom stereocenters. The molecule has 0 N–H and O–H groups in total. The van der Waals surface area contributed by atoms with Crippen LogP contribution in [0.15, 0.2) is 60.7 Å². The van der Waals surface area contributed by atoms with Crippen molar-refractivity contribution in [3.63, 3.8) is 0 Å². The van der Waals surface area contributed by atoms with Gasteiger partial charge in [0.2, 0.25) is 0 Å². The summed E-state index contributed by atoms with van der Waals surface area (Å²) in [6.45, 7) is 6.24. The lowest BCUT2D eigenvalue weighted by molar-refractivity contribution is -0.159. The summed E-state index contributed by atoms with van der Waals surface area (Å²) in [5.74, 6) is -0.937. The maximum Gasteiger partial charge on any atom is 0.313 e. The smallest absolute Gasteiger partial charge is 0.313 e. The Labute approximate surface area is 148 Å². The first-order valence-electron chi connectivity index (χ1n) is 8.52. The zero-order valence-electron chi connectivity index (χ0n) is 14.8. The molecule has 0 saturated carbocycles. The molecule has 1 saturated heterocycles. The predicted octanol–water partition coefficient (Wildman–Crippen LogP) is 3.77. The molecule has 1 heterocycles. The number of carbonyl (C=O) groups excluding carboxylic acids is 2. The third-order valence-electron chi connectivity index (χ3n) is 4.72. The van der Waals surface area contributed by atoms with E-state index in [1.807, 2.05) is 74.5 Å². The number of rotatable bonds is 4. The van der Waals surface area contributed by atoms with Crippen LogP contribution in [0.2, 0.25) is 0 Å². The monoisotopic (exact) mass is 337 g/mol. The van der Waals surface area contributed by atoms with Crippen molar-refractivity contribution in [2.45, 2.75) is 32.8 Å². The van der Waals surface area contributed by atoms with Crippen LogP contribution in [0.4, 0.5) is 5.69 Å². The van der Waals surface area contributed by atoms with E-state index in [9.17, 15) is 9.59 Å². The summed E-state index contributed by atoms with van der Waals surface area (Å²) in [5.41, 5.74) is 1.27. The molecule has 1 amide bonds. The van der Waals surface area contributed by atoms with Crippen molar-refractivity contribution in [2.75, 3.05) is 11.4 Å². The predicted molar refractivity (Wildman–Crippen MR) is 97.3 cm³/mol. The quantitative estimate of drug-likeness (QED) is 0.798. The first kappa shape index (κ1) is 17.2. The molecule has 3 rings (SSSR count). The molecule has 130 valence electrons. The van der Waals surface area contributed by atoms with E-state index in [1.165, 1.54) is 0 Å². The van der Waals surface area contributed by atoms with Crippen molar-refractivity contribution in [2.24, 2.45) is 5.41 Å². The van der Waals surface area contributed by atoms with Crippen molar-refractivity contribution < 1.29 is 14.3 Å². The lowest BCUT2D eigenvalue weighted by Gasteiger charge is -2.24. The highest BCUT2D eigenvalue weighted by atomic mass is 16.6. The van der Waals surface area contributed by atoms with Crippen LogP contribution in [0.25, 0.3) is 0 Å². The highest BCUT2D eigenvalue weighted by Gasteiger charge is 2.49. The van der Waals surface area contributed by atoms with E-state index in [2.05, 4.69) is 0 Å². The summed E-state index contributed by atoms with van der Waals surface area (Å²) in [4.78, 5) is 27.1. The normalized spacial score (nSPS) is 20.4. The van der Waals surface area contributed by atoms with Gasteiger partial charge in [0, 0.05) is 17.6 Å². The lowest BCUT2D eigenvalue weighted by Crippen LogP contribution is -2.37. The molecule has 0 bridgehead atoms. The number of hydrogen-bond donors (Lipinski definition) is 0. The van der Waals surface area contributed by atoms with Crippen LogP contribution < -0.4 is 4.90 Å². The Morgan fingerprint density at radius 1 is 1.08 bits per heavy atom. The standard InChI is InChI=1S/C21H23NO3/c1-15(16-10-6-4-7-11-16)20(24)25-18-19(23)22(14-21(18,2)3)17-12-8-5-9-13-17/h4-13,15,18H,14H2,1-3H3/t15-,18+/m0/s1. The molecule has 0 unspecified atom stereocenters. The number of carbonyl (C=O) groups is 2. The van der Waals surface area contributed by atoms with Gasteiger partial charge >= 0.3 is 5.97 Å². The molecule has 1 fully saturated rings. The highest BCUT2D eigenvalue weighted by molar-refractivity contribution is 6.01. The minimum atomic E-state index is -0.772. The van der Waals surface area contributed by atoms with Gasteiger partial charge in [-0.15, -0.1) is 0 Å². The van der Waals surface area contributed by atoms with Crippen LogP contribution >= 0.6 is 0 Å². The van der Waals surface area contributed by atoms with Crippen LogP contribution in [-0.4, -0.2) is 24.5 Å². The van der Waals surface area contributed by atoms with Gasteiger partial charge in [0.05, 0.1) is 5.92 Å². The van der Waals surface area contributed by atoms with E-state index < -0.39 is 17.4 Å². The Morgan fingerprint density at radius 3 is 2.24 bits per heavy atom. The molecule has 25 heavy (non-hydrogen) atoms. The molecule has 1 aliphatic heterocycles. The van der Waals surface area contributed by atoms with Crippen LogP contribution in [0.1, 0.15) is 32.3 Å². The van der Waals surface area contributed by atoms with Crippen molar-refractivity contribution in [3.05, 3.63) is 66.2 Å². The molecule has 0 spiro atoms. The second-order valence-corrected chi connectivity index (χ2v) is 7.20. The summed E-state index contributed by atoms with van der Waals surface area (Å²) in [5, 5.41) is 0. The van der Waals surface area contributed by atoms with Gasteiger partial charge in [-0.05, 0) is 24.6 Å². The van der Waals surface area contributed by atoms with Crippen LogP contribution in [0.3, 0.4) is 0 Å². The van der Waals surface area contributed by atoms with E-state index >= 15 is 0 Å². The van der Waals surface area contributed by atoms with Gasteiger partial charge in [0.1, 0.15) is 0 Å². The maximum atomic E-state index is 12.9. The molecule has 4 nitrogen and oxygen atoms in total. The van der Waals surface area contributed by atoms with Crippen molar-refractivity contribution in [1.82, 2.24) is 0 Å². The third kappa shape index (κ3) is 3.43. The number of para-hydroxylation sites is 1. The SMILES string of the molecule is C[C@H](C(=O)O[C@@H]1C(=O)N(c2ccccc2)CC1(C)C)c1ccccc1. The Bertz CT molecular complexity index is 755. The minimum absolute atomic E-state index is 0.162. The minimum Gasteiger partial charge on any atom is -0.451 e. The Morgan fingerprint density at radius 2 is 1.64 bits per heavy atom. The average Bonchev–Trinajstić information content (AvgIpc) is 2.86. The van der Waals surface area contributed by atoms with Crippen LogP contribution in [0.5, 0.6) is 0 Å². The van der Waals surface area contributed by atoms with Gasteiger partial charge in [-0.3, -0.25) is 9.59 Å². The third-order valence-corrected chi connectivity index (χ3v) is 4.72. The number of nitrogens with zero attached hydrogens (tertiary/aromatic N) is 1. The molecule has 1 aliphatic rings. The fourth-order valence-corrected chi connectivity index (χ4v) is 3.18. The fraction of sp³-hybridized carbons (Fsp3) is 0.333. The summed E-state index contributed by atoms with van der Waals surface area (Å²) in [6.07, 6.45) is -0.772. The highest BCUT2D eigenvalue weighted by Crippen LogP contribution is 2.36. The van der Waals surface area contributed by atoms with Gasteiger partial charge in [0.25, 0.3) is 5.91 Å². The molecule has 2 aromatic carbocycles. The summed E-state index contributed by atoms with van der Waals surface area (Å²) in [7, 11) is 0. The Kier molecular flexibility index (Phi) is 4.62. The Hall–Kier alpha value is -2.62. The zero-order chi connectivity index (χ0) is 18.0. The molecular weight excluding hydrogens is 314 g/mol. The number of esters is 1. The van der Waals surface area contributed by atoms with Crippen LogP contribution in [-0.2, 0) is 14.3 Å². The van der Waals surface area contributed by atoms with Gasteiger partial charge in [0.15, 0.2) is 6.10 Å². The molecular formula is C21H23NO3. The average molecular weight is 337 g/mol. The Balaban J connectivity index is 1.77. The molecule has 4 heteroatoms. The largest absolute Gasteiger partial charge is 0.451 e. The lowest BCUT2D eigenvalue weighted by atomic mass is 9.89. The molecule has 2 aromatic rings. The number of hydrogen-bond acceptors (Lipinski definition) is 3.